The zero-order chi connectivity index (χ0) is 19.1. The van der Waals surface area contributed by atoms with E-state index < -0.39 is 0 Å². The van der Waals surface area contributed by atoms with E-state index in [9.17, 15) is 4.79 Å². The Labute approximate surface area is 166 Å². The second kappa shape index (κ2) is 6.97. The van der Waals surface area contributed by atoms with Gasteiger partial charge in [-0.1, -0.05) is 0 Å². The van der Waals surface area contributed by atoms with Crippen LogP contribution < -0.4 is 10.2 Å². The first-order chi connectivity index (χ1) is 13.7. The summed E-state index contributed by atoms with van der Waals surface area (Å²) in [7, 11) is 1.79. The number of hydrogen-bond donors (Lipinski definition) is 1. The summed E-state index contributed by atoms with van der Waals surface area (Å²) in [6.45, 7) is 2.99. The Kier molecular flexibility index (Phi) is 4.31. The van der Waals surface area contributed by atoms with Crippen LogP contribution in [-0.2, 0) is 13.0 Å². The Balaban J connectivity index is 1.55. The SMILES string of the molecule is CNc1nc2c(c(C(=O)N3CCCC3)n1)CN(c1ncnc3ccsc13)CC2. The van der Waals surface area contributed by atoms with Crippen LogP contribution in [0.25, 0.3) is 10.2 Å². The van der Waals surface area contributed by atoms with E-state index in [0.29, 0.717) is 18.2 Å². The molecule has 5 heterocycles. The van der Waals surface area contributed by atoms with Crippen molar-refractivity contribution < 1.29 is 4.79 Å². The zero-order valence-corrected chi connectivity index (χ0v) is 16.5. The molecule has 0 saturated carbocycles. The van der Waals surface area contributed by atoms with Gasteiger partial charge in [0.15, 0.2) is 0 Å². The number of amides is 1. The lowest BCUT2D eigenvalue weighted by Crippen LogP contribution is -2.36. The first-order valence-electron chi connectivity index (χ1n) is 9.54. The quantitative estimate of drug-likeness (QED) is 0.728. The van der Waals surface area contributed by atoms with Gasteiger partial charge in [-0.05, 0) is 24.3 Å². The molecule has 2 aliphatic rings. The van der Waals surface area contributed by atoms with Gasteiger partial charge in [-0.3, -0.25) is 4.79 Å². The van der Waals surface area contributed by atoms with Gasteiger partial charge < -0.3 is 15.1 Å². The minimum Gasteiger partial charge on any atom is -0.357 e. The maximum absolute atomic E-state index is 13.2. The van der Waals surface area contributed by atoms with Crippen molar-refractivity contribution in [2.24, 2.45) is 0 Å². The average Bonchev–Trinajstić information content (AvgIpc) is 3.43. The summed E-state index contributed by atoms with van der Waals surface area (Å²) in [4.78, 5) is 35.4. The van der Waals surface area contributed by atoms with Crippen molar-refractivity contribution in [1.29, 1.82) is 0 Å². The lowest BCUT2D eigenvalue weighted by molar-refractivity contribution is 0.0785. The molecule has 3 aromatic rings. The predicted octanol–water partition coefficient (Wildman–Crippen LogP) is 2.32. The van der Waals surface area contributed by atoms with E-state index in [4.69, 9.17) is 0 Å². The van der Waals surface area contributed by atoms with Crippen molar-refractivity contribution in [3.05, 3.63) is 34.7 Å². The molecule has 1 fully saturated rings. The summed E-state index contributed by atoms with van der Waals surface area (Å²) in [6.07, 6.45) is 4.48. The van der Waals surface area contributed by atoms with E-state index in [1.54, 1.807) is 24.7 Å². The first-order valence-corrected chi connectivity index (χ1v) is 10.4. The van der Waals surface area contributed by atoms with Crippen LogP contribution in [0, 0.1) is 0 Å². The van der Waals surface area contributed by atoms with Crippen LogP contribution in [0.1, 0.15) is 34.6 Å². The molecule has 0 atom stereocenters. The molecule has 1 saturated heterocycles. The van der Waals surface area contributed by atoms with Gasteiger partial charge in [0.25, 0.3) is 5.91 Å². The fraction of sp³-hybridized carbons (Fsp3) is 0.421. The molecule has 0 bridgehead atoms. The molecule has 5 rings (SSSR count). The summed E-state index contributed by atoms with van der Waals surface area (Å²) in [6, 6.07) is 2.01. The molecule has 3 aromatic heterocycles. The van der Waals surface area contributed by atoms with Gasteiger partial charge in [-0.25, -0.2) is 19.9 Å². The number of nitrogens with one attached hydrogen (secondary N) is 1. The van der Waals surface area contributed by atoms with Crippen molar-refractivity contribution in [3.8, 4) is 0 Å². The highest BCUT2D eigenvalue weighted by atomic mass is 32.1. The number of aromatic nitrogens is 4. The average molecular weight is 395 g/mol. The topological polar surface area (TPSA) is 87.1 Å². The van der Waals surface area contributed by atoms with E-state index in [1.807, 2.05) is 16.3 Å². The van der Waals surface area contributed by atoms with Crippen molar-refractivity contribution in [2.45, 2.75) is 25.8 Å². The number of anilines is 2. The maximum atomic E-state index is 13.2. The largest absolute Gasteiger partial charge is 0.357 e. The van der Waals surface area contributed by atoms with Gasteiger partial charge >= 0.3 is 0 Å². The summed E-state index contributed by atoms with van der Waals surface area (Å²) in [5.41, 5.74) is 3.36. The summed E-state index contributed by atoms with van der Waals surface area (Å²) in [5.74, 6) is 1.44. The maximum Gasteiger partial charge on any atom is 0.273 e. The second-order valence-electron chi connectivity index (χ2n) is 7.07. The second-order valence-corrected chi connectivity index (χ2v) is 7.99. The molecule has 0 aliphatic carbocycles. The Morgan fingerprint density at radius 3 is 2.86 bits per heavy atom. The number of carbonyl (C=O) groups excluding carboxylic acids is 1. The van der Waals surface area contributed by atoms with Gasteiger partial charge in [-0.15, -0.1) is 11.3 Å². The van der Waals surface area contributed by atoms with Crippen molar-refractivity contribution >= 4 is 39.2 Å². The van der Waals surface area contributed by atoms with Crippen LogP contribution in [-0.4, -0.2) is 57.4 Å². The molecule has 0 spiro atoms. The molecule has 0 radical (unpaired) electrons. The van der Waals surface area contributed by atoms with E-state index in [-0.39, 0.29) is 5.91 Å². The summed E-state index contributed by atoms with van der Waals surface area (Å²) >= 11 is 1.64. The molecule has 0 aromatic carbocycles. The fourth-order valence-electron chi connectivity index (χ4n) is 3.95. The molecule has 28 heavy (non-hydrogen) atoms. The third kappa shape index (κ3) is 2.86. The smallest absolute Gasteiger partial charge is 0.273 e. The normalized spacial score (nSPS) is 16.5. The van der Waals surface area contributed by atoms with E-state index in [0.717, 1.165) is 66.2 Å². The van der Waals surface area contributed by atoms with Crippen LogP contribution in [0.3, 0.4) is 0 Å². The Hall–Kier alpha value is -2.81. The van der Waals surface area contributed by atoms with Gasteiger partial charge in [0.2, 0.25) is 5.95 Å². The number of thiophene rings is 1. The van der Waals surface area contributed by atoms with Gasteiger partial charge in [0.05, 0.1) is 15.9 Å². The van der Waals surface area contributed by atoms with Crippen LogP contribution >= 0.6 is 11.3 Å². The molecule has 9 heteroatoms. The van der Waals surface area contributed by atoms with Crippen LogP contribution in [0.4, 0.5) is 11.8 Å². The van der Waals surface area contributed by atoms with E-state index in [2.05, 4.69) is 30.2 Å². The fourth-order valence-corrected chi connectivity index (χ4v) is 4.82. The molecule has 1 amide bonds. The van der Waals surface area contributed by atoms with Gasteiger partial charge in [0.1, 0.15) is 17.8 Å². The third-order valence-corrected chi connectivity index (χ3v) is 6.30. The minimum atomic E-state index is 0.0125. The molecule has 8 nitrogen and oxygen atoms in total. The van der Waals surface area contributed by atoms with E-state index >= 15 is 0 Å². The Bertz CT molecular complexity index is 1040. The number of likely N-dealkylation sites (tertiary alicyclic amines) is 1. The number of fused-ring (bicyclic) bond motifs is 2. The van der Waals surface area contributed by atoms with Crippen molar-refractivity contribution in [3.63, 3.8) is 0 Å². The molecular weight excluding hydrogens is 374 g/mol. The summed E-state index contributed by atoms with van der Waals surface area (Å²) in [5, 5.41) is 5.03. The molecule has 2 aliphatic heterocycles. The van der Waals surface area contributed by atoms with Gasteiger partial charge in [0, 0.05) is 45.2 Å². The molecular formula is C19H21N7OS. The molecule has 144 valence electrons. The highest BCUT2D eigenvalue weighted by Crippen LogP contribution is 2.32. The molecule has 0 unspecified atom stereocenters. The lowest BCUT2D eigenvalue weighted by Gasteiger charge is -2.31. The van der Waals surface area contributed by atoms with Gasteiger partial charge in [-0.2, -0.15) is 0 Å². The predicted molar refractivity (Wildman–Crippen MR) is 109 cm³/mol. The summed E-state index contributed by atoms with van der Waals surface area (Å²) < 4.78 is 1.08. The number of nitrogens with zero attached hydrogens (tertiary/aromatic N) is 6. The highest BCUT2D eigenvalue weighted by molar-refractivity contribution is 7.17. The van der Waals surface area contributed by atoms with Crippen molar-refractivity contribution in [1.82, 2.24) is 24.8 Å². The number of hydrogen-bond acceptors (Lipinski definition) is 8. The van der Waals surface area contributed by atoms with E-state index in [1.165, 1.54) is 0 Å². The Morgan fingerprint density at radius 1 is 1.18 bits per heavy atom. The first kappa shape index (κ1) is 17.3. The standard InChI is InChI=1S/C19H21N7OS/c1-20-19-23-13-4-8-26(17-16-14(5-9-28-16)21-11-22-17)10-12(13)15(24-19)18(27)25-6-2-3-7-25/h5,9,11H,2-4,6-8,10H2,1H3,(H,20,23,24). The number of carbonyl (C=O) groups is 1. The molecule has 1 N–H and O–H groups in total. The Morgan fingerprint density at radius 2 is 2.04 bits per heavy atom. The minimum absolute atomic E-state index is 0.0125. The number of rotatable bonds is 3. The van der Waals surface area contributed by atoms with Crippen LogP contribution in [0.15, 0.2) is 17.8 Å². The highest BCUT2D eigenvalue weighted by Gasteiger charge is 2.30. The zero-order valence-electron chi connectivity index (χ0n) is 15.7. The lowest BCUT2D eigenvalue weighted by atomic mass is 10.0. The van der Waals surface area contributed by atoms with Crippen LogP contribution in [0.5, 0.6) is 0 Å². The van der Waals surface area contributed by atoms with Crippen LogP contribution in [0.2, 0.25) is 0 Å². The van der Waals surface area contributed by atoms with Crippen molar-refractivity contribution in [2.75, 3.05) is 36.9 Å². The monoisotopic (exact) mass is 395 g/mol. The third-order valence-electron chi connectivity index (χ3n) is 5.40.